The molecule has 0 bridgehead atoms. The molecule has 4 nitrogen and oxygen atoms in total. The number of carboxylic acid groups (broad SMARTS) is 1. The SMILES string of the molecule is O=C(O)C(Nc1ccccc1Cl)c1ccc(Br)cn1. The second kappa shape index (κ2) is 6.04. The van der Waals surface area contributed by atoms with E-state index in [0.29, 0.717) is 16.4 Å². The van der Waals surface area contributed by atoms with Crippen LogP contribution >= 0.6 is 27.5 Å². The van der Waals surface area contributed by atoms with Crippen LogP contribution in [0.25, 0.3) is 0 Å². The van der Waals surface area contributed by atoms with Crippen molar-refractivity contribution in [3.8, 4) is 0 Å². The van der Waals surface area contributed by atoms with Gasteiger partial charge in [-0.15, -0.1) is 0 Å². The molecule has 2 rings (SSSR count). The van der Waals surface area contributed by atoms with Crippen LogP contribution in [0.3, 0.4) is 0 Å². The highest BCUT2D eigenvalue weighted by Crippen LogP contribution is 2.25. The van der Waals surface area contributed by atoms with Crippen molar-refractivity contribution in [2.75, 3.05) is 5.32 Å². The van der Waals surface area contributed by atoms with E-state index in [1.165, 1.54) is 0 Å². The van der Waals surface area contributed by atoms with Crippen LogP contribution in [0, 0.1) is 0 Å². The minimum atomic E-state index is -1.02. The van der Waals surface area contributed by atoms with E-state index in [2.05, 4.69) is 26.2 Å². The predicted molar refractivity (Wildman–Crippen MR) is 77.4 cm³/mol. The number of aromatic nitrogens is 1. The third-order valence-electron chi connectivity index (χ3n) is 2.47. The summed E-state index contributed by atoms with van der Waals surface area (Å²) in [7, 11) is 0. The number of carbonyl (C=O) groups is 1. The molecule has 0 aliphatic heterocycles. The van der Waals surface area contributed by atoms with Crippen LogP contribution in [0.2, 0.25) is 5.02 Å². The standard InChI is InChI=1S/C13H10BrClN2O2/c14-8-5-6-11(16-7-8)12(13(18)19)17-10-4-2-1-3-9(10)15/h1-7,12,17H,(H,18,19). The molecule has 0 amide bonds. The molecule has 0 saturated carbocycles. The van der Waals surface area contributed by atoms with Gasteiger partial charge in [0.05, 0.1) is 16.4 Å². The van der Waals surface area contributed by atoms with Gasteiger partial charge in [-0.2, -0.15) is 0 Å². The van der Waals surface area contributed by atoms with Gasteiger partial charge in [-0.05, 0) is 40.2 Å². The molecule has 0 spiro atoms. The first kappa shape index (κ1) is 13.8. The Labute approximate surface area is 123 Å². The van der Waals surface area contributed by atoms with E-state index in [0.717, 1.165) is 4.47 Å². The molecular weight excluding hydrogens is 332 g/mol. The molecule has 0 radical (unpaired) electrons. The summed E-state index contributed by atoms with van der Waals surface area (Å²) in [5, 5.41) is 12.6. The fourth-order valence-electron chi connectivity index (χ4n) is 1.55. The summed E-state index contributed by atoms with van der Waals surface area (Å²) in [5.74, 6) is -1.02. The van der Waals surface area contributed by atoms with E-state index in [1.54, 1.807) is 42.6 Å². The first-order valence-electron chi connectivity index (χ1n) is 5.43. The Kier molecular flexibility index (Phi) is 4.39. The molecule has 1 aromatic carbocycles. The fourth-order valence-corrected chi connectivity index (χ4v) is 1.98. The number of rotatable bonds is 4. The van der Waals surface area contributed by atoms with Crippen LogP contribution in [0.4, 0.5) is 5.69 Å². The van der Waals surface area contributed by atoms with E-state index < -0.39 is 12.0 Å². The van der Waals surface area contributed by atoms with Gasteiger partial charge in [0.25, 0.3) is 0 Å². The van der Waals surface area contributed by atoms with Gasteiger partial charge in [-0.1, -0.05) is 23.7 Å². The van der Waals surface area contributed by atoms with Crippen molar-refractivity contribution in [1.82, 2.24) is 4.98 Å². The molecule has 1 atom stereocenters. The molecule has 2 aromatic rings. The van der Waals surface area contributed by atoms with Gasteiger partial charge in [0, 0.05) is 10.7 Å². The van der Waals surface area contributed by atoms with Crippen LogP contribution < -0.4 is 5.32 Å². The van der Waals surface area contributed by atoms with Gasteiger partial charge in [0.2, 0.25) is 0 Å². The maximum Gasteiger partial charge on any atom is 0.332 e. The van der Waals surface area contributed by atoms with Gasteiger partial charge in [0.15, 0.2) is 6.04 Å². The second-order valence-electron chi connectivity index (χ2n) is 3.80. The fraction of sp³-hybridized carbons (Fsp3) is 0.0769. The topological polar surface area (TPSA) is 62.2 Å². The molecule has 6 heteroatoms. The maximum atomic E-state index is 11.3. The molecule has 1 unspecified atom stereocenters. The lowest BCUT2D eigenvalue weighted by Crippen LogP contribution is -2.21. The summed E-state index contributed by atoms with van der Waals surface area (Å²) in [6.45, 7) is 0. The van der Waals surface area contributed by atoms with Crippen molar-refractivity contribution in [2.24, 2.45) is 0 Å². The highest BCUT2D eigenvalue weighted by Gasteiger charge is 2.21. The van der Waals surface area contributed by atoms with Gasteiger partial charge in [0.1, 0.15) is 0 Å². The average Bonchev–Trinajstić information content (AvgIpc) is 2.39. The Hall–Kier alpha value is -1.59. The van der Waals surface area contributed by atoms with Crippen LogP contribution in [-0.2, 0) is 4.79 Å². The number of halogens is 2. The summed E-state index contributed by atoms with van der Waals surface area (Å²) in [5.41, 5.74) is 0.969. The highest BCUT2D eigenvalue weighted by molar-refractivity contribution is 9.10. The Balaban J connectivity index is 2.29. The Morgan fingerprint density at radius 1 is 1.32 bits per heavy atom. The summed E-state index contributed by atoms with van der Waals surface area (Å²) >= 11 is 9.26. The van der Waals surface area contributed by atoms with Crippen molar-refractivity contribution in [3.63, 3.8) is 0 Å². The van der Waals surface area contributed by atoms with Crippen molar-refractivity contribution < 1.29 is 9.90 Å². The largest absolute Gasteiger partial charge is 0.479 e. The van der Waals surface area contributed by atoms with Gasteiger partial charge < -0.3 is 10.4 Å². The minimum Gasteiger partial charge on any atom is -0.479 e. The monoisotopic (exact) mass is 340 g/mol. The zero-order valence-electron chi connectivity index (χ0n) is 9.68. The van der Waals surface area contributed by atoms with Crippen molar-refractivity contribution in [2.45, 2.75) is 6.04 Å². The number of anilines is 1. The molecular formula is C13H10BrClN2O2. The van der Waals surface area contributed by atoms with Crippen molar-refractivity contribution >= 4 is 39.2 Å². The van der Waals surface area contributed by atoms with Crippen molar-refractivity contribution in [1.29, 1.82) is 0 Å². The van der Waals surface area contributed by atoms with Gasteiger partial charge in [-0.25, -0.2) is 4.79 Å². The maximum absolute atomic E-state index is 11.3. The molecule has 1 heterocycles. The number of benzene rings is 1. The summed E-state index contributed by atoms with van der Waals surface area (Å²) < 4.78 is 0.790. The molecule has 0 aliphatic carbocycles. The average molecular weight is 342 g/mol. The second-order valence-corrected chi connectivity index (χ2v) is 5.12. The van der Waals surface area contributed by atoms with E-state index in [9.17, 15) is 9.90 Å². The third kappa shape index (κ3) is 3.45. The first-order valence-corrected chi connectivity index (χ1v) is 6.60. The minimum absolute atomic E-state index is 0.413. The quantitative estimate of drug-likeness (QED) is 0.889. The summed E-state index contributed by atoms with van der Waals surface area (Å²) in [4.78, 5) is 15.4. The number of hydrogen-bond acceptors (Lipinski definition) is 3. The van der Waals surface area contributed by atoms with Crippen LogP contribution in [0.5, 0.6) is 0 Å². The lowest BCUT2D eigenvalue weighted by atomic mass is 10.1. The van der Waals surface area contributed by atoms with Gasteiger partial charge >= 0.3 is 5.97 Å². The summed E-state index contributed by atoms with van der Waals surface area (Å²) in [6, 6.07) is 9.41. The molecule has 0 aliphatic rings. The van der Waals surface area contributed by atoms with Crippen LogP contribution in [0.1, 0.15) is 11.7 Å². The number of aliphatic carboxylic acids is 1. The molecule has 98 valence electrons. The number of nitrogens with one attached hydrogen (secondary N) is 1. The number of pyridine rings is 1. The zero-order chi connectivity index (χ0) is 13.8. The van der Waals surface area contributed by atoms with Crippen molar-refractivity contribution in [3.05, 3.63) is 57.8 Å². The van der Waals surface area contributed by atoms with Crippen LogP contribution in [-0.4, -0.2) is 16.1 Å². The van der Waals surface area contributed by atoms with E-state index in [1.807, 2.05) is 0 Å². The van der Waals surface area contributed by atoms with E-state index in [-0.39, 0.29) is 0 Å². The summed E-state index contributed by atoms with van der Waals surface area (Å²) in [6.07, 6.45) is 1.56. The van der Waals surface area contributed by atoms with E-state index >= 15 is 0 Å². The lowest BCUT2D eigenvalue weighted by molar-refractivity contribution is -0.138. The number of hydrogen-bond donors (Lipinski definition) is 2. The first-order chi connectivity index (χ1) is 9.08. The lowest BCUT2D eigenvalue weighted by Gasteiger charge is -2.16. The third-order valence-corrected chi connectivity index (χ3v) is 3.27. The Morgan fingerprint density at radius 3 is 2.63 bits per heavy atom. The van der Waals surface area contributed by atoms with E-state index in [4.69, 9.17) is 11.6 Å². The number of nitrogens with zero attached hydrogens (tertiary/aromatic N) is 1. The zero-order valence-corrected chi connectivity index (χ0v) is 12.0. The van der Waals surface area contributed by atoms with Crippen LogP contribution in [0.15, 0.2) is 47.1 Å². The Bertz CT molecular complexity index is 589. The molecule has 19 heavy (non-hydrogen) atoms. The van der Waals surface area contributed by atoms with Gasteiger partial charge in [-0.3, -0.25) is 4.98 Å². The molecule has 2 N–H and O–H groups in total. The molecule has 1 aromatic heterocycles. The molecule has 0 fully saturated rings. The predicted octanol–water partition coefficient (Wildman–Crippen LogP) is 3.74. The molecule has 0 saturated heterocycles. The number of carboxylic acids is 1. The Morgan fingerprint density at radius 2 is 2.05 bits per heavy atom. The number of para-hydroxylation sites is 1. The smallest absolute Gasteiger partial charge is 0.332 e. The normalized spacial score (nSPS) is 11.9. The highest BCUT2D eigenvalue weighted by atomic mass is 79.9.